The number of aliphatic hydroxyl groups is 1. The summed E-state index contributed by atoms with van der Waals surface area (Å²) in [6.07, 6.45) is 0. The van der Waals surface area contributed by atoms with Crippen molar-refractivity contribution in [3.8, 4) is 0 Å². The van der Waals surface area contributed by atoms with Crippen molar-refractivity contribution in [3.63, 3.8) is 0 Å². The number of nitro groups is 2. The molecule has 0 saturated heterocycles. The maximum atomic E-state index is 10.2. The summed E-state index contributed by atoms with van der Waals surface area (Å²) in [6.45, 7) is 1.93. The standard InChI is InChI=1S/C6H4N2O4.C2H6O/c9-7(10)5-2-1-3-6(4-5)8(11)12;1-2-3/h1-4H;3H,2H2,1H3. The third-order valence-electron chi connectivity index (χ3n) is 1.25. The first kappa shape index (κ1) is 13.0. The van der Waals surface area contributed by atoms with E-state index in [0.29, 0.717) is 0 Å². The second-order valence-corrected chi connectivity index (χ2v) is 2.35. The molecular formula is C8H10N2O5. The second-order valence-electron chi connectivity index (χ2n) is 2.35. The van der Waals surface area contributed by atoms with Gasteiger partial charge in [0.1, 0.15) is 0 Å². The number of aliphatic hydroxyl groups excluding tert-OH is 1. The summed E-state index contributed by atoms with van der Waals surface area (Å²) in [5, 5.41) is 27.9. The van der Waals surface area contributed by atoms with Gasteiger partial charge in [-0.2, -0.15) is 0 Å². The topological polar surface area (TPSA) is 107 Å². The van der Waals surface area contributed by atoms with Crippen molar-refractivity contribution >= 4 is 11.4 Å². The molecule has 0 amide bonds. The molecule has 1 aromatic rings. The molecule has 1 N–H and O–H groups in total. The Kier molecular flexibility index (Phi) is 5.57. The Labute approximate surface area is 85.3 Å². The molecule has 0 bridgehead atoms. The van der Waals surface area contributed by atoms with Gasteiger partial charge >= 0.3 is 0 Å². The van der Waals surface area contributed by atoms with Gasteiger partial charge in [-0.1, -0.05) is 0 Å². The number of benzene rings is 1. The predicted molar refractivity (Wildman–Crippen MR) is 52.5 cm³/mol. The molecule has 1 rings (SSSR count). The Bertz CT molecular complexity index is 323. The van der Waals surface area contributed by atoms with E-state index in [0.717, 1.165) is 6.07 Å². The van der Waals surface area contributed by atoms with Gasteiger partial charge in [-0.15, -0.1) is 0 Å². The molecule has 0 spiro atoms. The summed E-state index contributed by atoms with van der Waals surface area (Å²) in [5.74, 6) is 0. The summed E-state index contributed by atoms with van der Waals surface area (Å²) < 4.78 is 0. The zero-order chi connectivity index (χ0) is 11.8. The van der Waals surface area contributed by atoms with Crippen molar-refractivity contribution in [1.82, 2.24) is 0 Å². The Hall–Kier alpha value is -2.02. The van der Waals surface area contributed by atoms with Gasteiger partial charge in [0.15, 0.2) is 0 Å². The van der Waals surface area contributed by atoms with Crippen LogP contribution in [0.1, 0.15) is 6.92 Å². The van der Waals surface area contributed by atoms with Gasteiger partial charge in [0.25, 0.3) is 11.4 Å². The lowest BCUT2D eigenvalue weighted by Gasteiger charge is -1.90. The van der Waals surface area contributed by atoms with Crippen LogP contribution in [0.3, 0.4) is 0 Å². The average Bonchev–Trinajstić information content (AvgIpc) is 2.19. The highest BCUT2D eigenvalue weighted by Gasteiger charge is 2.11. The number of nitrogens with zero attached hydrogens (tertiary/aromatic N) is 2. The van der Waals surface area contributed by atoms with E-state index < -0.39 is 9.85 Å². The molecule has 0 aliphatic rings. The van der Waals surface area contributed by atoms with E-state index in [1.54, 1.807) is 6.92 Å². The normalized spacial score (nSPS) is 8.67. The second kappa shape index (κ2) is 6.44. The minimum absolute atomic E-state index is 0.250. The SMILES string of the molecule is CCO.O=[N+]([O-])c1cccc([N+](=O)[O-])c1. The first-order valence-corrected chi connectivity index (χ1v) is 4.02. The molecular weight excluding hydrogens is 204 g/mol. The third-order valence-corrected chi connectivity index (χ3v) is 1.25. The van der Waals surface area contributed by atoms with Gasteiger partial charge in [0.05, 0.1) is 15.9 Å². The lowest BCUT2D eigenvalue weighted by atomic mass is 10.3. The fourth-order valence-corrected chi connectivity index (χ4v) is 0.720. The van der Waals surface area contributed by atoms with Gasteiger partial charge in [-0.3, -0.25) is 20.2 Å². The van der Waals surface area contributed by atoms with Crippen LogP contribution < -0.4 is 0 Å². The lowest BCUT2D eigenvalue weighted by Crippen LogP contribution is -1.91. The van der Waals surface area contributed by atoms with Gasteiger partial charge in [0.2, 0.25) is 0 Å². The number of non-ortho nitro benzene ring substituents is 2. The molecule has 1 aromatic carbocycles. The molecule has 0 saturated carbocycles. The average molecular weight is 214 g/mol. The van der Waals surface area contributed by atoms with Crippen LogP contribution in [0.25, 0.3) is 0 Å². The minimum atomic E-state index is -0.674. The van der Waals surface area contributed by atoms with Crippen LogP contribution in [0, 0.1) is 20.2 Å². The highest BCUT2D eigenvalue weighted by atomic mass is 16.6. The molecule has 7 heteroatoms. The van der Waals surface area contributed by atoms with Gasteiger partial charge < -0.3 is 5.11 Å². The van der Waals surface area contributed by atoms with Crippen LogP contribution in [0.2, 0.25) is 0 Å². The minimum Gasteiger partial charge on any atom is -0.397 e. The molecule has 0 radical (unpaired) electrons. The van der Waals surface area contributed by atoms with Gasteiger partial charge in [0, 0.05) is 18.7 Å². The number of nitro benzene ring substituents is 2. The van der Waals surface area contributed by atoms with E-state index in [1.165, 1.54) is 18.2 Å². The lowest BCUT2D eigenvalue weighted by molar-refractivity contribution is -0.394. The van der Waals surface area contributed by atoms with Crippen LogP contribution in [0.15, 0.2) is 24.3 Å². The van der Waals surface area contributed by atoms with Crippen LogP contribution >= 0.6 is 0 Å². The summed E-state index contributed by atoms with van der Waals surface area (Å²) in [4.78, 5) is 19.0. The molecule has 0 aromatic heterocycles. The van der Waals surface area contributed by atoms with E-state index >= 15 is 0 Å². The Morgan fingerprint density at radius 3 is 1.80 bits per heavy atom. The molecule has 15 heavy (non-hydrogen) atoms. The maximum absolute atomic E-state index is 10.2. The Morgan fingerprint density at radius 2 is 1.53 bits per heavy atom. The molecule has 7 nitrogen and oxygen atoms in total. The molecule has 0 atom stereocenters. The highest BCUT2D eigenvalue weighted by molar-refractivity contribution is 5.42. The van der Waals surface area contributed by atoms with Crippen molar-refractivity contribution in [2.45, 2.75) is 6.92 Å². The van der Waals surface area contributed by atoms with Crippen molar-refractivity contribution in [2.75, 3.05) is 6.61 Å². The summed E-state index contributed by atoms with van der Waals surface area (Å²) in [7, 11) is 0. The summed E-state index contributed by atoms with van der Waals surface area (Å²) in [5.41, 5.74) is -0.548. The van der Waals surface area contributed by atoms with E-state index in [4.69, 9.17) is 5.11 Å². The van der Waals surface area contributed by atoms with Crippen molar-refractivity contribution in [3.05, 3.63) is 44.5 Å². The molecule has 0 aliphatic heterocycles. The smallest absolute Gasteiger partial charge is 0.276 e. The van der Waals surface area contributed by atoms with Crippen LogP contribution in [0.4, 0.5) is 11.4 Å². The predicted octanol–water partition coefficient (Wildman–Crippen LogP) is 1.50. The number of hydrogen-bond acceptors (Lipinski definition) is 5. The van der Waals surface area contributed by atoms with Gasteiger partial charge in [-0.05, 0) is 13.0 Å². The monoisotopic (exact) mass is 214 g/mol. The van der Waals surface area contributed by atoms with Crippen molar-refractivity contribution < 1.29 is 15.0 Å². The summed E-state index contributed by atoms with van der Waals surface area (Å²) in [6, 6.07) is 4.59. The van der Waals surface area contributed by atoms with E-state index in [-0.39, 0.29) is 18.0 Å². The van der Waals surface area contributed by atoms with Crippen molar-refractivity contribution in [1.29, 1.82) is 0 Å². The molecule has 0 heterocycles. The highest BCUT2D eigenvalue weighted by Crippen LogP contribution is 2.18. The fraction of sp³-hybridized carbons (Fsp3) is 0.250. The van der Waals surface area contributed by atoms with E-state index in [1.807, 2.05) is 0 Å². The fourth-order valence-electron chi connectivity index (χ4n) is 0.720. The Balaban J connectivity index is 0.000000583. The molecule has 0 unspecified atom stereocenters. The molecule has 0 fully saturated rings. The largest absolute Gasteiger partial charge is 0.397 e. The zero-order valence-electron chi connectivity index (χ0n) is 7.99. The Morgan fingerprint density at radius 1 is 1.20 bits per heavy atom. The number of hydrogen-bond donors (Lipinski definition) is 1. The third kappa shape index (κ3) is 4.67. The number of rotatable bonds is 2. The molecule has 0 aliphatic carbocycles. The van der Waals surface area contributed by atoms with Crippen LogP contribution in [-0.4, -0.2) is 21.6 Å². The van der Waals surface area contributed by atoms with Crippen LogP contribution in [0.5, 0.6) is 0 Å². The van der Waals surface area contributed by atoms with E-state index in [2.05, 4.69) is 0 Å². The maximum Gasteiger partial charge on any atom is 0.276 e. The summed E-state index contributed by atoms with van der Waals surface area (Å²) >= 11 is 0. The molecule has 82 valence electrons. The first-order valence-electron chi connectivity index (χ1n) is 4.02. The van der Waals surface area contributed by atoms with Crippen LogP contribution in [-0.2, 0) is 0 Å². The zero-order valence-corrected chi connectivity index (χ0v) is 7.99. The quantitative estimate of drug-likeness (QED) is 0.593. The van der Waals surface area contributed by atoms with Crippen molar-refractivity contribution in [2.24, 2.45) is 0 Å². The van der Waals surface area contributed by atoms with Gasteiger partial charge in [-0.25, -0.2) is 0 Å². The van der Waals surface area contributed by atoms with E-state index in [9.17, 15) is 20.2 Å². The first-order chi connectivity index (χ1) is 7.02.